The van der Waals surface area contributed by atoms with E-state index in [0.717, 1.165) is 18.8 Å². The van der Waals surface area contributed by atoms with Gasteiger partial charge in [-0.05, 0) is 48.4 Å². The van der Waals surface area contributed by atoms with E-state index in [2.05, 4.69) is 6.92 Å². The Morgan fingerprint density at radius 2 is 2.21 bits per heavy atom. The van der Waals surface area contributed by atoms with Gasteiger partial charge in [-0.25, -0.2) is 4.39 Å². The molecule has 3 heteroatoms. The zero-order valence-corrected chi connectivity index (χ0v) is 12.2. The number of halogens is 2. The summed E-state index contributed by atoms with van der Waals surface area (Å²) in [6.07, 6.45) is 5.66. The average Bonchev–Trinajstić information content (AvgIpc) is 2.43. The molecule has 1 saturated carbocycles. The Hall–Kier alpha value is -0.600. The summed E-state index contributed by atoms with van der Waals surface area (Å²) in [7, 11) is 0. The minimum Gasteiger partial charge on any atom is -0.392 e. The smallest absolute Gasteiger partial charge is 0.126 e. The molecular weight excluding hydrogens is 263 g/mol. The quantitative estimate of drug-likeness (QED) is 0.857. The van der Waals surface area contributed by atoms with Gasteiger partial charge in [0.05, 0.1) is 6.10 Å². The lowest BCUT2D eigenvalue weighted by atomic mass is 9.76. The van der Waals surface area contributed by atoms with E-state index in [1.165, 1.54) is 25.3 Å². The maximum absolute atomic E-state index is 13.7. The van der Waals surface area contributed by atoms with E-state index in [1.54, 1.807) is 12.1 Å². The molecule has 1 aliphatic carbocycles. The van der Waals surface area contributed by atoms with E-state index >= 15 is 0 Å². The topological polar surface area (TPSA) is 20.2 Å². The van der Waals surface area contributed by atoms with Gasteiger partial charge in [-0.2, -0.15) is 0 Å². The number of rotatable bonds is 4. The van der Waals surface area contributed by atoms with Crippen molar-refractivity contribution >= 4 is 11.6 Å². The van der Waals surface area contributed by atoms with E-state index in [1.807, 2.05) is 0 Å². The Morgan fingerprint density at radius 3 is 2.95 bits per heavy atom. The molecule has 0 saturated heterocycles. The van der Waals surface area contributed by atoms with Gasteiger partial charge >= 0.3 is 0 Å². The Balaban J connectivity index is 2.00. The normalized spacial score (nSPS) is 25.3. The van der Waals surface area contributed by atoms with Gasteiger partial charge in [-0.15, -0.1) is 0 Å². The van der Waals surface area contributed by atoms with Crippen LogP contribution in [0.25, 0.3) is 0 Å². The molecule has 0 heterocycles. The number of hydrogen-bond donors (Lipinski definition) is 1. The van der Waals surface area contributed by atoms with E-state index in [0.29, 0.717) is 22.9 Å². The minimum absolute atomic E-state index is 0.272. The second-order valence-electron chi connectivity index (χ2n) is 5.71. The number of hydrogen-bond acceptors (Lipinski definition) is 1. The Morgan fingerprint density at radius 1 is 1.42 bits per heavy atom. The maximum Gasteiger partial charge on any atom is 0.126 e. The standard InChI is InChI=1S/C16H22ClFO/c1-2-11-4-3-5-12(8-11)16(19)10-13-9-14(17)6-7-15(13)18/h6-7,9,11-12,16,19H,2-5,8,10H2,1H3. The van der Waals surface area contributed by atoms with Crippen molar-refractivity contribution in [2.24, 2.45) is 11.8 Å². The summed E-state index contributed by atoms with van der Waals surface area (Å²) in [6.45, 7) is 2.20. The van der Waals surface area contributed by atoms with E-state index in [-0.39, 0.29) is 5.82 Å². The monoisotopic (exact) mass is 284 g/mol. The SMILES string of the molecule is CCC1CCCC(C(O)Cc2cc(Cl)ccc2F)C1. The van der Waals surface area contributed by atoms with Crippen LogP contribution >= 0.6 is 11.6 Å². The first-order valence-corrected chi connectivity index (χ1v) is 7.60. The molecule has 3 atom stereocenters. The summed E-state index contributed by atoms with van der Waals surface area (Å²) in [5.41, 5.74) is 0.527. The predicted molar refractivity (Wildman–Crippen MR) is 76.9 cm³/mol. The van der Waals surface area contributed by atoms with E-state index < -0.39 is 6.10 Å². The maximum atomic E-state index is 13.7. The first-order valence-electron chi connectivity index (χ1n) is 7.22. The lowest BCUT2D eigenvalue weighted by Crippen LogP contribution is -2.28. The molecule has 3 unspecified atom stereocenters. The minimum atomic E-state index is -0.456. The molecule has 19 heavy (non-hydrogen) atoms. The largest absolute Gasteiger partial charge is 0.392 e. The van der Waals surface area contributed by atoms with Gasteiger partial charge in [0.25, 0.3) is 0 Å². The van der Waals surface area contributed by atoms with Gasteiger partial charge in [-0.1, -0.05) is 37.8 Å². The molecule has 1 aromatic carbocycles. The van der Waals surface area contributed by atoms with Crippen molar-refractivity contribution < 1.29 is 9.50 Å². The fraction of sp³-hybridized carbons (Fsp3) is 0.625. The Labute approximate surface area is 119 Å². The van der Waals surface area contributed by atoms with Crippen LogP contribution < -0.4 is 0 Å². The van der Waals surface area contributed by atoms with E-state index in [4.69, 9.17) is 11.6 Å². The van der Waals surface area contributed by atoms with Crippen LogP contribution in [0, 0.1) is 17.7 Å². The summed E-state index contributed by atoms with van der Waals surface area (Å²) < 4.78 is 13.7. The van der Waals surface area contributed by atoms with Crippen LogP contribution in [0.1, 0.15) is 44.6 Å². The molecule has 1 N–H and O–H groups in total. The third-order valence-electron chi connectivity index (χ3n) is 4.38. The van der Waals surface area contributed by atoms with Crippen molar-refractivity contribution in [1.82, 2.24) is 0 Å². The van der Waals surface area contributed by atoms with Gasteiger partial charge in [-0.3, -0.25) is 0 Å². The van der Waals surface area contributed by atoms with Gasteiger partial charge in [0, 0.05) is 11.4 Å². The first-order chi connectivity index (χ1) is 9.10. The van der Waals surface area contributed by atoms with Crippen LogP contribution in [0.2, 0.25) is 5.02 Å². The van der Waals surface area contributed by atoms with Crippen molar-refractivity contribution in [1.29, 1.82) is 0 Å². The summed E-state index contributed by atoms with van der Waals surface area (Å²) in [5, 5.41) is 10.9. The van der Waals surface area contributed by atoms with E-state index in [9.17, 15) is 9.50 Å². The lowest BCUT2D eigenvalue weighted by molar-refractivity contribution is 0.0678. The number of aliphatic hydroxyl groups excluding tert-OH is 1. The molecule has 2 rings (SSSR count). The number of aliphatic hydroxyl groups is 1. The van der Waals surface area contributed by atoms with Crippen LogP contribution in [-0.4, -0.2) is 11.2 Å². The molecule has 0 bridgehead atoms. The molecule has 1 fully saturated rings. The summed E-state index contributed by atoms with van der Waals surface area (Å²) >= 11 is 5.88. The molecule has 0 aliphatic heterocycles. The molecule has 1 aliphatic rings. The molecule has 0 radical (unpaired) electrons. The summed E-state index contributed by atoms with van der Waals surface area (Å²) in [4.78, 5) is 0. The molecule has 1 nitrogen and oxygen atoms in total. The van der Waals surface area contributed by atoms with Crippen molar-refractivity contribution in [3.63, 3.8) is 0 Å². The lowest BCUT2D eigenvalue weighted by Gasteiger charge is -2.31. The number of benzene rings is 1. The van der Waals surface area contributed by atoms with Crippen LogP contribution in [0.15, 0.2) is 18.2 Å². The fourth-order valence-electron chi connectivity index (χ4n) is 3.14. The van der Waals surface area contributed by atoms with Gasteiger partial charge in [0.15, 0.2) is 0 Å². The van der Waals surface area contributed by atoms with Crippen LogP contribution in [-0.2, 0) is 6.42 Å². The highest BCUT2D eigenvalue weighted by Gasteiger charge is 2.27. The van der Waals surface area contributed by atoms with Crippen molar-refractivity contribution in [2.75, 3.05) is 0 Å². The summed E-state index contributed by atoms with van der Waals surface area (Å²) in [6, 6.07) is 4.54. The van der Waals surface area contributed by atoms with Crippen molar-refractivity contribution in [2.45, 2.75) is 51.6 Å². The second kappa shape index (κ2) is 6.71. The molecule has 0 aromatic heterocycles. The van der Waals surface area contributed by atoms with Crippen LogP contribution in [0.3, 0.4) is 0 Å². The third-order valence-corrected chi connectivity index (χ3v) is 4.62. The predicted octanol–water partition coefficient (Wildman–Crippen LogP) is 4.60. The van der Waals surface area contributed by atoms with Gasteiger partial charge < -0.3 is 5.11 Å². The summed E-state index contributed by atoms with van der Waals surface area (Å²) in [5.74, 6) is 0.751. The van der Waals surface area contributed by atoms with Crippen LogP contribution in [0.5, 0.6) is 0 Å². The van der Waals surface area contributed by atoms with Crippen LogP contribution in [0.4, 0.5) is 4.39 Å². The third kappa shape index (κ3) is 3.93. The highest BCUT2D eigenvalue weighted by atomic mass is 35.5. The molecule has 1 aromatic rings. The molecule has 106 valence electrons. The van der Waals surface area contributed by atoms with Crippen molar-refractivity contribution in [3.8, 4) is 0 Å². The fourth-order valence-corrected chi connectivity index (χ4v) is 3.34. The average molecular weight is 285 g/mol. The van der Waals surface area contributed by atoms with Gasteiger partial charge in [0.2, 0.25) is 0 Å². The first kappa shape index (κ1) is 14.8. The zero-order chi connectivity index (χ0) is 13.8. The molecule has 0 amide bonds. The molecular formula is C16H22ClFO. The second-order valence-corrected chi connectivity index (χ2v) is 6.14. The molecule has 0 spiro atoms. The highest BCUT2D eigenvalue weighted by Crippen LogP contribution is 2.34. The van der Waals surface area contributed by atoms with Gasteiger partial charge in [0.1, 0.15) is 5.82 Å². The Kier molecular flexibility index (Phi) is 5.23. The van der Waals surface area contributed by atoms with Crippen molar-refractivity contribution in [3.05, 3.63) is 34.6 Å². The zero-order valence-electron chi connectivity index (χ0n) is 11.4. The Bertz CT molecular complexity index is 421. The highest BCUT2D eigenvalue weighted by molar-refractivity contribution is 6.30.